The number of pyridine rings is 1. The van der Waals surface area contributed by atoms with Crippen LogP contribution in [0.2, 0.25) is 0 Å². The van der Waals surface area contributed by atoms with Crippen molar-refractivity contribution >= 4 is 28.3 Å². The van der Waals surface area contributed by atoms with Crippen molar-refractivity contribution < 1.29 is 15.3 Å². The van der Waals surface area contributed by atoms with E-state index in [1.54, 1.807) is 42.5 Å². The normalized spacial score (nSPS) is 9.81. The summed E-state index contributed by atoms with van der Waals surface area (Å²) in [6, 6.07) is 23.2. The number of hydrogen-bond donors (Lipinski definition) is 3. The van der Waals surface area contributed by atoms with Gasteiger partial charge in [-0.05, 0) is 31.2 Å². The summed E-state index contributed by atoms with van der Waals surface area (Å²) >= 11 is 0. The maximum absolute atomic E-state index is 9.58. The zero-order chi connectivity index (χ0) is 18.5. The number of phenolic OH excluding ortho intramolecular Hbond substituents is 3. The lowest BCUT2D eigenvalue weighted by molar-refractivity contribution is 0.469. The fourth-order valence-corrected chi connectivity index (χ4v) is 2.63. The molecule has 4 nitrogen and oxygen atoms in total. The molecule has 0 aliphatic carbocycles. The Bertz CT molecular complexity index is 1010. The fraction of sp³-hybridized carbons (Fsp3) is 0.0455. The average molecular weight is 372 g/mol. The smallest absolute Gasteiger partial charge is 0.141 e. The van der Waals surface area contributed by atoms with Crippen molar-refractivity contribution in [3.63, 3.8) is 0 Å². The first-order valence-electron chi connectivity index (χ1n) is 8.18. The molecule has 133 valence electrons. The van der Waals surface area contributed by atoms with Gasteiger partial charge in [0.25, 0.3) is 0 Å². The molecule has 1 aromatic heterocycles. The van der Waals surface area contributed by atoms with Crippen LogP contribution in [0.4, 0.5) is 0 Å². The van der Waals surface area contributed by atoms with Gasteiger partial charge in [0.1, 0.15) is 22.8 Å². The van der Waals surface area contributed by atoms with Crippen LogP contribution in [0.1, 0.15) is 5.69 Å². The summed E-state index contributed by atoms with van der Waals surface area (Å²) in [5.41, 5.74) is 2.89. The number of aryl methyl sites for hydroxylation is 1. The van der Waals surface area contributed by atoms with Gasteiger partial charge in [-0.3, -0.25) is 0 Å². The Kier molecular flexibility index (Phi) is 6.84. The molecule has 4 rings (SSSR count). The minimum Gasteiger partial charge on any atom is -0.507 e. The second-order valence-corrected chi connectivity index (χ2v) is 5.84. The summed E-state index contributed by atoms with van der Waals surface area (Å²) < 4.78 is 0. The van der Waals surface area contributed by atoms with Crippen LogP contribution in [0.3, 0.4) is 0 Å². The second kappa shape index (κ2) is 9.09. The molecule has 0 aliphatic rings. The topological polar surface area (TPSA) is 73.6 Å². The number of hydrogen-bond acceptors (Lipinski definition) is 4. The molecule has 0 fully saturated rings. The summed E-state index contributed by atoms with van der Waals surface area (Å²) in [5.74, 6) is 0.596. The van der Waals surface area contributed by atoms with Gasteiger partial charge in [-0.25, -0.2) is 4.98 Å². The van der Waals surface area contributed by atoms with E-state index in [-0.39, 0.29) is 34.6 Å². The Hall–Kier alpha value is -3.00. The molecule has 1 heterocycles. The van der Waals surface area contributed by atoms with Gasteiger partial charge in [0, 0.05) is 39.6 Å². The minimum absolute atomic E-state index is 0. The highest BCUT2D eigenvalue weighted by molar-refractivity contribution is 5.84. The van der Waals surface area contributed by atoms with Crippen molar-refractivity contribution in [2.75, 3.05) is 0 Å². The van der Waals surface area contributed by atoms with Gasteiger partial charge in [-0.15, -0.1) is 0 Å². The number of rotatable bonds is 1. The summed E-state index contributed by atoms with van der Waals surface area (Å²) in [6.07, 6.45) is 0. The first-order valence-corrected chi connectivity index (χ1v) is 8.18. The molecule has 0 saturated heterocycles. The number of para-hydroxylation sites is 3. The van der Waals surface area contributed by atoms with Crippen LogP contribution in [0.5, 0.6) is 17.2 Å². The van der Waals surface area contributed by atoms with Crippen molar-refractivity contribution in [2.24, 2.45) is 0 Å². The van der Waals surface area contributed by atoms with Crippen LogP contribution in [0.15, 0.2) is 78.9 Å². The first kappa shape index (κ1) is 20.3. The van der Waals surface area contributed by atoms with Crippen molar-refractivity contribution in [3.8, 4) is 28.4 Å². The molecule has 0 aliphatic heterocycles. The second-order valence-electron chi connectivity index (χ2n) is 5.84. The molecule has 3 N–H and O–H groups in total. The lowest BCUT2D eigenvalue weighted by Gasteiger charge is -2.05. The fourth-order valence-electron chi connectivity index (χ4n) is 2.63. The van der Waals surface area contributed by atoms with Crippen LogP contribution < -0.4 is 0 Å². The molecule has 3 aromatic carbocycles. The summed E-state index contributed by atoms with van der Waals surface area (Å²) in [4.78, 5) is 4.23. The zero-order valence-electron chi connectivity index (χ0n) is 14.9. The van der Waals surface area contributed by atoms with Gasteiger partial charge in [-0.1, -0.05) is 54.6 Å². The third-order valence-electron chi connectivity index (χ3n) is 3.94. The van der Waals surface area contributed by atoms with Gasteiger partial charge < -0.3 is 15.3 Å². The molecule has 27 heavy (non-hydrogen) atoms. The molecule has 0 bridgehead atoms. The van der Waals surface area contributed by atoms with E-state index in [1.807, 2.05) is 43.3 Å². The van der Waals surface area contributed by atoms with Crippen molar-refractivity contribution in [3.05, 3.63) is 84.6 Å². The summed E-state index contributed by atoms with van der Waals surface area (Å²) in [6.45, 7) is 1.91. The predicted octanol–water partition coefficient (Wildman–Crippen LogP) is 4.63. The molecular weight excluding hydrogens is 353 g/mol. The Balaban J connectivity index is 0.000000189. The van der Waals surface area contributed by atoms with E-state index >= 15 is 0 Å². The van der Waals surface area contributed by atoms with E-state index in [2.05, 4.69) is 4.98 Å². The molecule has 0 unspecified atom stereocenters. The molecule has 0 atom stereocenters. The maximum atomic E-state index is 9.58. The molecule has 0 spiro atoms. The van der Waals surface area contributed by atoms with E-state index in [0.29, 0.717) is 16.6 Å². The van der Waals surface area contributed by atoms with E-state index < -0.39 is 0 Å². The lowest BCUT2D eigenvalue weighted by Crippen LogP contribution is -1.82. The highest BCUT2D eigenvalue weighted by atomic mass is 27.0. The largest absolute Gasteiger partial charge is 0.507 e. The Morgan fingerprint density at radius 3 is 1.67 bits per heavy atom. The Morgan fingerprint density at radius 2 is 1.11 bits per heavy atom. The van der Waals surface area contributed by atoms with Crippen molar-refractivity contribution in [1.29, 1.82) is 0 Å². The van der Waals surface area contributed by atoms with Gasteiger partial charge in [0.15, 0.2) is 0 Å². The van der Waals surface area contributed by atoms with Crippen molar-refractivity contribution in [2.45, 2.75) is 6.92 Å². The first-order chi connectivity index (χ1) is 12.6. The number of phenols is 3. The third kappa shape index (κ3) is 4.79. The van der Waals surface area contributed by atoms with E-state index in [9.17, 15) is 15.3 Å². The van der Waals surface area contributed by atoms with Crippen LogP contribution >= 0.6 is 0 Å². The van der Waals surface area contributed by atoms with Crippen LogP contribution in [0.25, 0.3) is 22.0 Å². The van der Waals surface area contributed by atoms with Crippen molar-refractivity contribution in [1.82, 2.24) is 4.98 Å². The highest BCUT2D eigenvalue weighted by Gasteiger charge is 2.06. The number of aromatic hydroxyl groups is 3. The molecule has 0 saturated carbocycles. The molecule has 3 radical (unpaired) electrons. The van der Waals surface area contributed by atoms with Gasteiger partial charge >= 0.3 is 0 Å². The predicted molar refractivity (Wildman–Crippen MR) is 109 cm³/mol. The van der Waals surface area contributed by atoms with E-state index in [1.165, 1.54) is 0 Å². The zero-order valence-corrected chi connectivity index (χ0v) is 16.0. The molecular formula is C22H19AlNO3. The maximum Gasteiger partial charge on any atom is 0.141 e. The third-order valence-corrected chi connectivity index (χ3v) is 3.94. The molecule has 5 heteroatoms. The highest BCUT2D eigenvalue weighted by Crippen LogP contribution is 2.34. The molecule has 4 aromatic rings. The quantitative estimate of drug-likeness (QED) is 0.426. The standard InChI is InChI=1S/C12H10O2.C10H9NO.Al/c13-11-7-3-1-5-9(11)10-6-2-4-8-12(10)14;1-7-5-6-8-3-2-4-9(12)10(8)11-7;/h1-8,13-14H;2-6,12H,1H3;. The summed E-state index contributed by atoms with van der Waals surface area (Å²) in [5, 5.41) is 29.6. The van der Waals surface area contributed by atoms with Gasteiger partial charge in [-0.2, -0.15) is 0 Å². The number of nitrogens with zero attached hydrogens (tertiary/aromatic N) is 1. The van der Waals surface area contributed by atoms with Crippen LogP contribution in [-0.2, 0) is 0 Å². The van der Waals surface area contributed by atoms with E-state index in [0.717, 1.165) is 11.1 Å². The Labute approximate surface area is 168 Å². The SMILES string of the molecule is Cc1ccc2cccc(O)c2n1.Oc1ccccc1-c1ccccc1O.[Al]. The molecule has 0 amide bonds. The van der Waals surface area contributed by atoms with Crippen LogP contribution in [-0.4, -0.2) is 37.7 Å². The Morgan fingerprint density at radius 1 is 0.593 bits per heavy atom. The summed E-state index contributed by atoms with van der Waals surface area (Å²) in [7, 11) is 0. The van der Waals surface area contributed by atoms with Gasteiger partial charge in [0.2, 0.25) is 0 Å². The van der Waals surface area contributed by atoms with E-state index in [4.69, 9.17) is 0 Å². The van der Waals surface area contributed by atoms with Gasteiger partial charge in [0.05, 0.1) is 0 Å². The lowest BCUT2D eigenvalue weighted by atomic mass is 10.0. The minimum atomic E-state index is 0. The van der Waals surface area contributed by atoms with Crippen LogP contribution in [0, 0.1) is 6.92 Å². The number of aromatic nitrogens is 1. The number of benzene rings is 3. The monoisotopic (exact) mass is 372 g/mol. The average Bonchev–Trinajstić information content (AvgIpc) is 2.64. The number of fused-ring (bicyclic) bond motifs is 1.